The number of amides is 2. The number of aliphatic hydroxyl groups excluding tert-OH is 1. The summed E-state index contributed by atoms with van der Waals surface area (Å²) in [4.78, 5) is 46.7. The number of imide groups is 1. The third kappa shape index (κ3) is 6.46. The minimum absolute atomic E-state index is 0.135. The van der Waals surface area contributed by atoms with Crippen LogP contribution in [-0.2, 0) is 29.2 Å². The summed E-state index contributed by atoms with van der Waals surface area (Å²) in [5.41, 5.74) is 2.92. The first-order valence-electron chi connectivity index (χ1n) is 15.9. The molecule has 0 aliphatic carbocycles. The molecule has 1 atom stereocenters. The summed E-state index contributed by atoms with van der Waals surface area (Å²) < 4.78 is 8.32. The van der Waals surface area contributed by atoms with Crippen molar-refractivity contribution in [3.05, 3.63) is 64.1 Å². The second-order valence-electron chi connectivity index (χ2n) is 12.3. The van der Waals surface area contributed by atoms with E-state index in [1.54, 1.807) is 23.8 Å². The Morgan fingerprint density at radius 1 is 0.864 bits per heavy atom. The number of piperazine rings is 1. The highest BCUT2D eigenvalue weighted by Gasteiger charge is 2.37. The molecule has 3 aliphatic rings. The third-order valence-corrected chi connectivity index (χ3v) is 9.49. The Hall–Kier alpha value is -3.51. The Morgan fingerprint density at radius 3 is 2.27 bits per heavy atom. The van der Waals surface area contributed by atoms with Gasteiger partial charge in [-0.15, -0.1) is 0 Å². The lowest BCUT2D eigenvalue weighted by Crippen LogP contribution is -2.48. The summed E-state index contributed by atoms with van der Waals surface area (Å²) in [6.07, 6.45) is 2.96. The van der Waals surface area contributed by atoms with Crippen LogP contribution in [-0.4, -0.2) is 100 Å². The van der Waals surface area contributed by atoms with Crippen molar-refractivity contribution in [2.45, 2.75) is 51.4 Å². The van der Waals surface area contributed by atoms with Gasteiger partial charge in [0.2, 0.25) is 5.91 Å². The lowest BCUT2D eigenvalue weighted by atomic mass is 9.97. The van der Waals surface area contributed by atoms with Crippen LogP contribution in [0.3, 0.4) is 0 Å². The minimum Gasteiger partial charge on any atom is -0.497 e. The van der Waals surface area contributed by atoms with Gasteiger partial charge < -0.3 is 20.1 Å². The van der Waals surface area contributed by atoms with E-state index in [-0.39, 0.29) is 50.0 Å². The van der Waals surface area contributed by atoms with Crippen LogP contribution < -0.4 is 15.7 Å². The number of benzene rings is 2. The highest BCUT2D eigenvalue weighted by molar-refractivity contribution is 6.00. The van der Waals surface area contributed by atoms with E-state index in [0.29, 0.717) is 16.8 Å². The number of likely N-dealkylation sites (tertiary alicyclic amines) is 1. The molecule has 4 heterocycles. The van der Waals surface area contributed by atoms with E-state index in [1.807, 2.05) is 30.3 Å². The molecule has 2 aromatic carbocycles. The number of ether oxygens (including phenoxy) is 1. The molecule has 1 aromatic heterocycles. The van der Waals surface area contributed by atoms with E-state index in [9.17, 15) is 19.5 Å². The first kappa shape index (κ1) is 30.5. The molecule has 3 aromatic rings. The SMILES string of the molecule is COc1ccc(CN2C(=O)CCC(n3c(=O)n(CCO)c4cc(CN5CCN(CC6CCNCC6)CC5)ccc43)C2=O)cc1. The lowest BCUT2D eigenvalue weighted by molar-refractivity contribution is -0.151. The fraction of sp³-hybridized carbons (Fsp3) is 0.545. The molecule has 2 amide bonds. The van der Waals surface area contributed by atoms with E-state index in [1.165, 1.54) is 28.9 Å². The molecule has 6 rings (SSSR count). The van der Waals surface area contributed by atoms with Gasteiger partial charge in [0.05, 0.1) is 37.8 Å². The van der Waals surface area contributed by atoms with E-state index in [0.717, 1.165) is 62.9 Å². The Kier molecular flexibility index (Phi) is 9.46. The molecule has 0 radical (unpaired) electrons. The van der Waals surface area contributed by atoms with Crippen LogP contribution in [0, 0.1) is 5.92 Å². The molecule has 0 saturated carbocycles. The monoisotopic (exact) mass is 604 g/mol. The number of rotatable bonds is 10. The number of methoxy groups -OCH3 is 1. The van der Waals surface area contributed by atoms with Gasteiger partial charge in [-0.1, -0.05) is 18.2 Å². The van der Waals surface area contributed by atoms with E-state index >= 15 is 0 Å². The Labute approximate surface area is 258 Å². The summed E-state index contributed by atoms with van der Waals surface area (Å²) >= 11 is 0. The zero-order valence-electron chi connectivity index (χ0n) is 25.6. The molecule has 11 nitrogen and oxygen atoms in total. The van der Waals surface area contributed by atoms with E-state index in [4.69, 9.17) is 4.74 Å². The fourth-order valence-electron chi connectivity index (χ4n) is 7.00. The molecule has 3 saturated heterocycles. The zero-order chi connectivity index (χ0) is 30.6. The number of aromatic nitrogens is 2. The first-order valence-corrected chi connectivity index (χ1v) is 15.9. The van der Waals surface area contributed by atoms with Crippen molar-refractivity contribution in [1.29, 1.82) is 0 Å². The zero-order valence-corrected chi connectivity index (χ0v) is 25.6. The number of aliphatic hydroxyl groups is 1. The van der Waals surface area contributed by atoms with Crippen LogP contribution in [0.4, 0.5) is 0 Å². The summed E-state index contributed by atoms with van der Waals surface area (Å²) in [5.74, 6) is 0.864. The van der Waals surface area contributed by atoms with E-state index < -0.39 is 6.04 Å². The van der Waals surface area contributed by atoms with Crippen LogP contribution in [0.15, 0.2) is 47.3 Å². The Bertz CT molecular complexity index is 1520. The maximum atomic E-state index is 13.8. The largest absolute Gasteiger partial charge is 0.497 e. The van der Waals surface area contributed by atoms with Crippen LogP contribution in [0.5, 0.6) is 5.75 Å². The number of imidazole rings is 1. The summed E-state index contributed by atoms with van der Waals surface area (Å²) in [7, 11) is 1.59. The van der Waals surface area contributed by atoms with Gasteiger partial charge in [0.25, 0.3) is 5.91 Å². The quantitative estimate of drug-likeness (QED) is 0.337. The van der Waals surface area contributed by atoms with Gasteiger partial charge >= 0.3 is 5.69 Å². The van der Waals surface area contributed by atoms with Gasteiger partial charge in [0.1, 0.15) is 11.8 Å². The molecule has 0 bridgehead atoms. The van der Waals surface area contributed by atoms with Gasteiger partial charge in [-0.2, -0.15) is 0 Å². The molecule has 44 heavy (non-hydrogen) atoms. The maximum absolute atomic E-state index is 13.8. The predicted molar refractivity (Wildman–Crippen MR) is 167 cm³/mol. The summed E-state index contributed by atoms with van der Waals surface area (Å²) in [6.45, 7) is 8.44. The smallest absolute Gasteiger partial charge is 0.329 e. The summed E-state index contributed by atoms with van der Waals surface area (Å²) in [6, 6.07) is 12.5. The van der Waals surface area contributed by atoms with Crippen LogP contribution in [0.1, 0.15) is 42.9 Å². The summed E-state index contributed by atoms with van der Waals surface area (Å²) in [5, 5.41) is 13.3. The van der Waals surface area contributed by atoms with Crippen molar-refractivity contribution < 1.29 is 19.4 Å². The highest BCUT2D eigenvalue weighted by atomic mass is 16.5. The van der Waals surface area contributed by atoms with Gasteiger partial charge in [-0.25, -0.2) is 4.79 Å². The molecule has 1 unspecified atom stereocenters. The minimum atomic E-state index is -0.792. The van der Waals surface area contributed by atoms with Crippen molar-refractivity contribution in [2.24, 2.45) is 5.92 Å². The molecule has 2 N–H and O–H groups in total. The molecule has 3 aliphatic heterocycles. The third-order valence-electron chi connectivity index (χ3n) is 9.49. The topological polar surface area (TPSA) is 112 Å². The predicted octanol–water partition coefficient (Wildman–Crippen LogP) is 1.81. The standard InChI is InChI=1S/C33H44N6O5/c1-44-27-5-2-24(3-6-27)23-38-31(41)9-8-29(32(38)42)39-28-7-4-26(20-30(28)37(18-19-40)33(39)43)22-36-16-14-35(15-17-36)21-25-10-12-34-13-11-25/h2-7,20,25,29,34,40H,8-19,21-23H2,1H3. The van der Waals surface area contributed by atoms with Crippen molar-refractivity contribution >= 4 is 22.8 Å². The number of carbonyl (C=O) groups excluding carboxylic acids is 2. The number of carbonyl (C=O) groups is 2. The number of hydrogen-bond acceptors (Lipinski definition) is 8. The molecule has 3 fully saturated rings. The van der Waals surface area contributed by atoms with Crippen molar-refractivity contribution in [3.63, 3.8) is 0 Å². The maximum Gasteiger partial charge on any atom is 0.329 e. The van der Waals surface area contributed by atoms with Crippen LogP contribution in [0.25, 0.3) is 11.0 Å². The normalized spacial score (nSPS) is 21.0. The van der Waals surface area contributed by atoms with Crippen molar-refractivity contribution in [3.8, 4) is 5.75 Å². The lowest BCUT2D eigenvalue weighted by Gasteiger charge is -2.37. The van der Waals surface area contributed by atoms with E-state index in [2.05, 4.69) is 15.1 Å². The van der Waals surface area contributed by atoms with Gasteiger partial charge in [-0.05, 0) is 73.7 Å². The van der Waals surface area contributed by atoms with Gasteiger partial charge in [0.15, 0.2) is 0 Å². The fourth-order valence-corrected chi connectivity index (χ4v) is 7.00. The van der Waals surface area contributed by atoms with Crippen LogP contribution >= 0.6 is 0 Å². The Balaban J connectivity index is 1.19. The number of hydrogen-bond donors (Lipinski definition) is 2. The number of piperidine rings is 2. The van der Waals surface area contributed by atoms with Gasteiger partial charge in [0, 0.05) is 45.7 Å². The van der Waals surface area contributed by atoms with Crippen molar-refractivity contribution in [2.75, 3.05) is 59.5 Å². The molecular formula is C33H44N6O5. The molecular weight excluding hydrogens is 560 g/mol. The molecule has 236 valence electrons. The number of nitrogens with zero attached hydrogens (tertiary/aromatic N) is 5. The second kappa shape index (κ2) is 13.6. The average Bonchev–Trinajstić information content (AvgIpc) is 3.31. The highest BCUT2D eigenvalue weighted by Crippen LogP contribution is 2.29. The van der Waals surface area contributed by atoms with Gasteiger partial charge in [-0.3, -0.25) is 28.5 Å². The number of fused-ring (bicyclic) bond motifs is 1. The molecule has 0 spiro atoms. The van der Waals surface area contributed by atoms with Crippen LogP contribution in [0.2, 0.25) is 0 Å². The second-order valence-corrected chi connectivity index (χ2v) is 12.3. The number of nitrogens with one attached hydrogen (secondary N) is 1. The van der Waals surface area contributed by atoms with Crippen molar-refractivity contribution in [1.82, 2.24) is 29.2 Å². The Morgan fingerprint density at radius 2 is 1.57 bits per heavy atom. The first-order chi connectivity index (χ1) is 21.4. The molecule has 11 heteroatoms. The average molecular weight is 605 g/mol.